The minimum atomic E-state index is -0.936. The zero-order valence-corrected chi connectivity index (χ0v) is 17.9. The molecule has 2 aromatic carbocycles. The van der Waals surface area contributed by atoms with Crippen LogP contribution in [0, 0.1) is 0 Å². The number of azide groups is 1. The Kier molecular flexibility index (Phi) is 6.34. The Bertz CT molecular complexity index is 996. The lowest BCUT2D eigenvalue weighted by molar-refractivity contribution is -0.125. The average molecular weight is 426 g/mol. The fourth-order valence-corrected chi connectivity index (χ4v) is 3.89. The van der Waals surface area contributed by atoms with E-state index in [1.165, 1.54) is 4.90 Å². The topological polar surface area (TPSA) is 98.2 Å². The smallest absolute Gasteiger partial charge is 0.240 e. The van der Waals surface area contributed by atoms with Crippen molar-refractivity contribution < 1.29 is 9.59 Å². The lowest BCUT2D eigenvalue weighted by Crippen LogP contribution is -2.49. The molecule has 0 radical (unpaired) electrons. The van der Waals surface area contributed by atoms with Gasteiger partial charge in [-0.2, -0.15) is 0 Å². The molecule has 0 unspecified atom stereocenters. The highest BCUT2D eigenvalue weighted by Crippen LogP contribution is 2.41. The van der Waals surface area contributed by atoms with E-state index >= 15 is 0 Å². The van der Waals surface area contributed by atoms with Crippen molar-refractivity contribution in [2.75, 3.05) is 11.4 Å². The number of hydrogen-bond donors (Lipinski definition) is 1. The lowest BCUT2D eigenvalue weighted by atomic mass is 9.86. The van der Waals surface area contributed by atoms with Gasteiger partial charge < -0.3 is 10.2 Å². The standard InChI is InChI=1S/C22H24ClN5O2/c1-22(2,3)25-20(29)13-28-19-11-15(23)9-10-16(19)17(14-7-5-4-6-8-14)12-18(21(28)30)26-27-24/h4-11,17-18H,12-13H2,1-3H3,(H,25,29)/t17-,18-/m1/s1. The average Bonchev–Trinajstić information content (AvgIpc) is 2.78. The molecule has 0 spiro atoms. The summed E-state index contributed by atoms with van der Waals surface area (Å²) < 4.78 is 0. The van der Waals surface area contributed by atoms with E-state index < -0.39 is 17.5 Å². The molecule has 7 nitrogen and oxygen atoms in total. The summed E-state index contributed by atoms with van der Waals surface area (Å²) in [5.74, 6) is -0.910. The van der Waals surface area contributed by atoms with Crippen molar-refractivity contribution in [2.45, 2.75) is 44.7 Å². The summed E-state index contributed by atoms with van der Waals surface area (Å²) in [4.78, 5) is 30.2. The number of nitrogens with one attached hydrogen (secondary N) is 1. The van der Waals surface area contributed by atoms with Gasteiger partial charge in [-0.1, -0.05) is 53.1 Å². The van der Waals surface area contributed by atoms with Crippen LogP contribution in [0.3, 0.4) is 0 Å². The highest BCUT2D eigenvalue weighted by Gasteiger charge is 2.36. The van der Waals surface area contributed by atoms with E-state index in [4.69, 9.17) is 17.1 Å². The van der Waals surface area contributed by atoms with Gasteiger partial charge in [-0.3, -0.25) is 9.59 Å². The third-order valence-electron chi connectivity index (χ3n) is 4.88. The molecule has 0 aliphatic carbocycles. The maximum Gasteiger partial charge on any atom is 0.240 e. The molecule has 0 saturated heterocycles. The van der Waals surface area contributed by atoms with E-state index in [0.717, 1.165) is 11.1 Å². The molecule has 3 rings (SSSR count). The van der Waals surface area contributed by atoms with Gasteiger partial charge in [0.15, 0.2) is 0 Å². The molecule has 1 N–H and O–H groups in total. The first-order chi connectivity index (χ1) is 14.2. The summed E-state index contributed by atoms with van der Waals surface area (Å²) in [6, 6.07) is 14.1. The predicted octanol–water partition coefficient (Wildman–Crippen LogP) is 4.80. The van der Waals surface area contributed by atoms with Crippen LogP contribution in [0.1, 0.15) is 44.2 Å². The van der Waals surface area contributed by atoms with Gasteiger partial charge in [0.05, 0.1) is 0 Å². The number of halogens is 1. The highest BCUT2D eigenvalue weighted by atomic mass is 35.5. The van der Waals surface area contributed by atoms with Crippen molar-refractivity contribution in [1.29, 1.82) is 0 Å². The molecule has 8 heteroatoms. The van der Waals surface area contributed by atoms with E-state index in [9.17, 15) is 9.59 Å². The molecule has 2 amide bonds. The van der Waals surface area contributed by atoms with Gasteiger partial charge in [0.1, 0.15) is 12.6 Å². The van der Waals surface area contributed by atoms with Crippen LogP contribution >= 0.6 is 11.6 Å². The second-order valence-electron chi connectivity index (χ2n) is 8.35. The molecule has 2 aromatic rings. The van der Waals surface area contributed by atoms with Crippen LogP contribution < -0.4 is 10.2 Å². The van der Waals surface area contributed by atoms with E-state index in [1.807, 2.05) is 57.2 Å². The maximum atomic E-state index is 13.3. The second kappa shape index (κ2) is 8.78. The number of anilines is 1. The first-order valence-corrected chi connectivity index (χ1v) is 10.1. The quantitative estimate of drug-likeness (QED) is 0.432. The Balaban J connectivity index is 2.12. The van der Waals surface area contributed by atoms with E-state index in [2.05, 4.69) is 15.3 Å². The molecular weight excluding hydrogens is 402 g/mol. The molecule has 1 heterocycles. The molecule has 1 aliphatic rings. The molecule has 0 aromatic heterocycles. The monoisotopic (exact) mass is 425 g/mol. The number of carbonyl (C=O) groups excluding carboxylic acids is 2. The number of benzene rings is 2. The fraction of sp³-hybridized carbons (Fsp3) is 0.364. The van der Waals surface area contributed by atoms with Crippen LogP contribution in [-0.2, 0) is 9.59 Å². The highest BCUT2D eigenvalue weighted by molar-refractivity contribution is 6.31. The van der Waals surface area contributed by atoms with Gasteiger partial charge in [0.25, 0.3) is 0 Å². The summed E-state index contributed by atoms with van der Waals surface area (Å²) in [6.45, 7) is 5.42. The normalized spacial score (nSPS) is 18.8. The molecule has 0 fully saturated rings. The van der Waals surface area contributed by atoms with Gasteiger partial charge in [-0.05, 0) is 56.0 Å². The third kappa shape index (κ3) is 4.93. The molecule has 1 aliphatic heterocycles. The predicted molar refractivity (Wildman–Crippen MR) is 118 cm³/mol. The summed E-state index contributed by atoms with van der Waals surface area (Å²) in [5.41, 5.74) is 11.0. The van der Waals surface area contributed by atoms with Crippen LogP contribution in [0.25, 0.3) is 10.4 Å². The lowest BCUT2D eigenvalue weighted by Gasteiger charge is -2.27. The molecule has 30 heavy (non-hydrogen) atoms. The van der Waals surface area contributed by atoms with Gasteiger partial charge in [-0.25, -0.2) is 0 Å². The number of carbonyl (C=O) groups is 2. The fourth-order valence-electron chi connectivity index (χ4n) is 3.72. The van der Waals surface area contributed by atoms with Gasteiger partial charge in [-0.15, -0.1) is 0 Å². The zero-order valence-electron chi connectivity index (χ0n) is 17.2. The molecule has 0 saturated carbocycles. The minimum absolute atomic E-state index is 0.186. The Morgan fingerprint density at radius 3 is 2.60 bits per heavy atom. The summed E-state index contributed by atoms with van der Waals surface area (Å²) in [5, 5.41) is 7.09. The largest absolute Gasteiger partial charge is 0.350 e. The van der Waals surface area contributed by atoms with Crippen molar-refractivity contribution in [3.05, 3.63) is 75.1 Å². The Hall–Kier alpha value is -3.02. The minimum Gasteiger partial charge on any atom is -0.350 e. The first-order valence-electron chi connectivity index (χ1n) is 9.70. The van der Waals surface area contributed by atoms with E-state index in [0.29, 0.717) is 17.1 Å². The van der Waals surface area contributed by atoms with Gasteiger partial charge in [0.2, 0.25) is 11.8 Å². The number of hydrogen-bond acceptors (Lipinski definition) is 3. The van der Waals surface area contributed by atoms with Crippen LogP contribution in [0.4, 0.5) is 5.69 Å². The molecule has 0 bridgehead atoms. The van der Waals surface area contributed by atoms with Crippen molar-refractivity contribution in [3.63, 3.8) is 0 Å². The molecular formula is C22H24ClN5O2. The van der Waals surface area contributed by atoms with Crippen molar-refractivity contribution >= 4 is 29.1 Å². The van der Waals surface area contributed by atoms with Crippen molar-refractivity contribution in [3.8, 4) is 0 Å². The second-order valence-corrected chi connectivity index (χ2v) is 8.78. The van der Waals surface area contributed by atoms with E-state index in [1.54, 1.807) is 12.1 Å². The SMILES string of the molecule is CC(C)(C)NC(=O)CN1C(=O)[C@H](N=[N+]=[N-])C[C@H](c2ccccc2)c2ccc(Cl)cc21. The van der Waals surface area contributed by atoms with E-state index in [-0.39, 0.29) is 18.4 Å². The Labute approximate surface area is 180 Å². The maximum absolute atomic E-state index is 13.3. The number of amides is 2. The summed E-state index contributed by atoms with van der Waals surface area (Å²) in [6.07, 6.45) is 0.304. The molecule has 2 atom stereocenters. The van der Waals surface area contributed by atoms with Crippen molar-refractivity contribution in [1.82, 2.24) is 5.32 Å². The van der Waals surface area contributed by atoms with Crippen molar-refractivity contribution in [2.24, 2.45) is 5.11 Å². The van der Waals surface area contributed by atoms with Crippen LogP contribution in [-0.4, -0.2) is 29.9 Å². The number of fused-ring (bicyclic) bond motifs is 1. The van der Waals surface area contributed by atoms with Crippen LogP contribution in [0.2, 0.25) is 5.02 Å². The Morgan fingerprint density at radius 1 is 1.27 bits per heavy atom. The first kappa shape index (κ1) is 21.7. The Morgan fingerprint density at radius 2 is 1.97 bits per heavy atom. The van der Waals surface area contributed by atoms with Crippen LogP contribution in [0.5, 0.6) is 0 Å². The van der Waals surface area contributed by atoms with Gasteiger partial charge >= 0.3 is 0 Å². The van der Waals surface area contributed by atoms with Crippen LogP contribution in [0.15, 0.2) is 53.6 Å². The number of nitrogens with zero attached hydrogens (tertiary/aromatic N) is 4. The molecule has 156 valence electrons. The summed E-state index contributed by atoms with van der Waals surface area (Å²) >= 11 is 6.26. The zero-order chi connectivity index (χ0) is 21.9. The number of rotatable bonds is 4. The summed E-state index contributed by atoms with van der Waals surface area (Å²) in [7, 11) is 0. The third-order valence-corrected chi connectivity index (χ3v) is 5.11. The van der Waals surface area contributed by atoms with Gasteiger partial charge in [0, 0.05) is 27.1 Å².